The first-order valence-electron chi connectivity index (χ1n) is 8.90. The summed E-state index contributed by atoms with van der Waals surface area (Å²) in [6.45, 7) is 4.13. The molecule has 0 aromatic heterocycles. The van der Waals surface area contributed by atoms with Crippen molar-refractivity contribution in [1.82, 2.24) is 10.2 Å². The Kier molecular flexibility index (Phi) is 5.00. The number of likely N-dealkylation sites (tertiary alicyclic amines) is 1. The number of hydrogen-bond acceptors (Lipinski definition) is 3. The van der Waals surface area contributed by atoms with Crippen LogP contribution >= 0.6 is 0 Å². The van der Waals surface area contributed by atoms with Gasteiger partial charge in [-0.15, -0.1) is 0 Å². The monoisotopic (exact) mass is 280 g/mol. The van der Waals surface area contributed by atoms with Gasteiger partial charge in [0.1, 0.15) is 0 Å². The molecule has 1 aliphatic heterocycles. The molecule has 1 heterocycles. The lowest BCUT2D eigenvalue weighted by Crippen LogP contribution is -2.49. The normalized spacial score (nSPS) is 30.8. The molecule has 2 aliphatic carbocycles. The Morgan fingerprint density at radius 2 is 1.85 bits per heavy atom. The SMILES string of the molecule is OCCC1CCCCN1CC1(CNC2CC2)CCCC1. The van der Waals surface area contributed by atoms with Crippen molar-refractivity contribution in [2.24, 2.45) is 5.41 Å². The number of rotatable bonds is 7. The molecule has 2 N–H and O–H groups in total. The molecular weight excluding hydrogens is 248 g/mol. The summed E-state index contributed by atoms with van der Waals surface area (Å²) < 4.78 is 0. The molecule has 3 rings (SSSR count). The van der Waals surface area contributed by atoms with Gasteiger partial charge in [0, 0.05) is 31.8 Å². The molecule has 0 spiro atoms. The van der Waals surface area contributed by atoms with Gasteiger partial charge in [0.25, 0.3) is 0 Å². The van der Waals surface area contributed by atoms with E-state index in [0.717, 1.165) is 12.5 Å². The van der Waals surface area contributed by atoms with Crippen molar-refractivity contribution in [2.45, 2.75) is 76.3 Å². The third kappa shape index (κ3) is 3.75. The number of hydrogen-bond donors (Lipinski definition) is 2. The summed E-state index contributed by atoms with van der Waals surface area (Å²) in [7, 11) is 0. The Bertz CT molecular complexity index is 295. The lowest BCUT2D eigenvalue weighted by atomic mass is 9.83. The summed E-state index contributed by atoms with van der Waals surface area (Å²) in [5.74, 6) is 0. The summed E-state index contributed by atoms with van der Waals surface area (Å²) in [6.07, 6.45) is 13.4. The average Bonchev–Trinajstić information content (AvgIpc) is 3.19. The molecule has 0 bridgehead atoms. The van der Waals surface area contributed by atoms with E-state index in [1.54, 1.807) is 0 Å². The van der Waals surface area contributed by atoms with Gasteiger partial charge < -0.3 is 10.4 Å². The van der Waals surface area contributed by atoms with Crippen LogP contribution in [0.1, 0.15) is 64.2 Å². The molecule has 3 fully saturated rings. The van der Waals surface area contributed by atoms with Crippen molar-refractivity contribution >= 4 is 0 Å². The minimum Gasteiger partial charge on any atom is -0.396 e. The van der Waals surface area contributed by atoms with Crippen molar-refractivity contribution in [3.63, 3.8) is 0 Å². The minimum absolute atomic E-state index is 0.356. The zero-order valence-electron chi connectivity index (χ0n) is 12.9. The molecule has 20 heavy (non-hydrogen) atoms. The molecule has 0 aromatic rings. The summed E-state index contributed by atoms with van der Waals surface area (Å²) in [5, 5.41) is 13.1. The predicted octanol–water partition coefficient (Wildman–Crippen LogP) is 2.54. The van der Waals surface area contributed by atoms with E-state index in [4.69, 9.17) is 0 Å². The quantitative estimate of drug-likeness (QED) is 0.752. The lowest BCUT2D eigenvalue weighted by Gasteiger charge is -2.42. The van der Waals surface area contributed by atoms with Crippen molar-refractivity contribution in [3.05, 3.63) is 0 Å². The lowest BCUT2D eigenvalue weighted by molar-refractivity contribution is 0.0666. The standard InChI is InChI=1S/C17H32N2O/c20-12-8-16-5-1-4-11-19(16)14-17(9-2-3-10-17)13-18-15-6-7-15/h15-16,18,20H,1-14H2. The molecule has 0 radical (unpaired) electrons. The molecule has 3 heteroatoms. The summed E-state index contributed by atoms with van der Waals surface area (Å²) in [5.41, 5.74) is 0.535. The molecule has 0 aromatic carbocycles. The average molecular weight is 280 g/mol. The first-order chi connectivity index (χ1) is 9.81. The van der Waals surface area contributed by atoms with Gasteiger partial charge in [-0.1, -0.05) is 19.3 Å². The minimum atomic E-state index is 0.356. The topological polar surface area (TPSA) is 35.5 Å². The highest BCUT2D eigenvalue weighted by Gasteiger charge is 2.38. The van der Waals surface area contributed by atoms with Gasteiger partial charge in [0.15, 0.2) is 0 Å². The number of nitrogens with one attached hydrogen (secondary N) is 1. The van der Waals surface area contributed by atoms with Gasteiger partial charge in [-0.05, 0) is 56.9 Å². The molecule has 3 aliphatic rings. The second kappa shape index (κ2) is 6.76. The van der Waals surface area contributed by atoms with Gasteiger partial charge in [-0.2, -0.15) is 0 Å². The van der Waals surface area contributed by atoms with Gasteiger partial charge in [0.2, 0.25) is 0 Å². The van der Waals surface area contributed by atoms with Crippen molar-refractivity contribution in [3.8, 4) is 0 Å². The summed E-state index contributed by atoms with van der Waals surface area (Å²) >= 11 is 0. The second-order valence-corrected chi connectivity index (χ2v) is 7.49. The number of nitrogens with zero attached hydrogens (tertiary/aromatic N) is 1. The zero-order valence-corrected chi connectivity index (χ0v) is 12.9. The van der Waals surface area contributed by atoms with E-state index in [0.29, 0.717) is 18.1 Å². The third-order valence-electron chi connectivity index (χ3n) is 5.76. The van der Waals surface area contributed by atoms with Crippen LogP contribution in [0.15, 0.2) is 0 Å². The van der Waals surface area contributed by atoms with Crippen LogP contribution in [0.2, 0.25) is 0 Å². The third-order valence-corrected chi connectivity index (χ3v) is 5.76. The second-order valence-electron chi connectivity index (χ2n) is 7.49. The molecular formula is C17H32N2O. The number of aliphatic hydroxyl groups is 1. The molecule has 2 saturated carbocycles. The molecule has 1 atom stereocenters. The largest absolute Gasteiger partial charge is 0.396 e. The fraction of sp³-hybridized carbons (Fsp3) is 1.00. The smallest absolute Gasteiger partial charge is 0.0445 e. The maximum absolute atomic E-state index is 9.31. The van der Waals surface area contributed by atoms with Crippen molar-refractivity contribution in [2.75, 3.05) is 26.2 Å². The van der Waals surface area contributed by atoms with Crippen LogP contribution in [0.3, 0.4) is 0 Å². The first-order valence-corrected chi connectivity index (χ1v) is 8.90. The van der Waals surface area contributed by atoms with Crippen LogP contribution in [0.25, 0.3) is 0 Å². The van der Waals surface area contributed by atoms with Gasteiger partial charge in [-0.3, -0.25) is 4.90 Å². The number of aliphatic hydroxyl groups excluding tert-OH is 1. The van der Waals surface area contributed by atoms with Crippen molar-refractivity contribution in [1.29, 1.82) is 0 Å². The Labute approximate surface area is 124 Å². The maximum Gasteiger partial charge on any atom is 0.0445 e. The van der Waals surface area contributed by atoms with E-state index in [-0.39, 0.29) is 0 Å². The Balaban J connectivity index is 1.58. The molecule has 3 nitrogen and oxygen atoms in total. The van der Waals surface area contributed by atoms with Crippen LogP contribution in [0.4, 0.5) is 0 Å². The fourth-order valence-corrected chi connectivity index (χ4v) is 4.34. The van der Waals surface area contributed by atoms with E-state index >= 15 is 0 Å². The molecule has 1 unspecified atom stereocenters. The van der Waals surface area contributed by atoms with Crippen LogP contribution in [0, 0.1) is 5.41 Å². The van der Waals surface area contributed by atoms with E-state index in [1.165, 1.54) is 77.4 Å². The van der Waals surface area contributed by atoms with Gasteiger partial charge in [-0.25, -0.2) is 0 Å². The fourth-order valence-electron chi connectivity index (χ4n) is 4.34. The molecule has 1 saturated heterocycles. The van der Waals surface area contributed by atoms with Crippen molar-refractivity contribution < 1.29 is 5.11 Å². The summed E-state index contributed by atoms with van der Waals surface area (Å²) in [4.78, 5) is 2.72. The van der Waals surface area contributed by atoms with Gasteiger partial charge in [0.05, 0.1) is 0 Å². The Hall–Kier alpha value is -0.120. The highest BCUT2D eigenvalue weighted by molar-refractivity contribution is 4.94. The van der Waals surface area contributed by atoms with Crippen LogP contribution in [-0.2, 0) is 0 Å². The van der Waals surface area contributed by atoms with E-state index in [1.807, 2.05) is 0 Å². The van der Waals surface area contributed by atoms with Gasteiger partial charge >= 0.3 is 0 Å². The highest BCUT2D eigenvalue weighted by Crippen LogP contribution is 2.40. The maximum atomic E-state index is 9.31. The Morgan fingerprint density at radius 1 is 1.05 bits per heavy atom. The highest BCUT2D eigenvalue weighted by atomic mass is 16.3. The van der Waals surface area contributed by atoms with Crippen LogP contribution < -0.4 is 5.32 Å². The van der Waals surface area contributed by atoms with Crippen LogP contribution in [0.5, 0.6) is 0 Å². The molecule has 116 valence electrons. The first kappa shape index (κ1) is 14.8. The van der Waals surface area contributed by atoms with E-state index in [9.17, 15) is 5.11 Å². The zero-order chi connectivity index (χ0) is 13.8. The molecule has 0 amide bonds. The Morgan fingerprint density at radius 3 is 2.55 bits per heavy atom. The summed E-state index contributed by atoms with van der Waals surface area (Å²) in [6, 6.07) is 1.48. The number of piperidine rings is 1. The van der Waals surface area contributed by atoms with E-state index in [2.05, 4.69) is 10.2 Å². The van der Waals surface area contributed by atoms with E-state index < -0.39 is 0 Å². The van der Waals surface area contributed by atoms with Crippen LogP contribution in [-0.4, -0.2) is 48.3 Å². The predicted molar refractivity (Wildman–Crippen MR) is 82.8 cm³/mol.